The molecule has 27 heavy (non-hydrogen) atoms. The highest BCUT2D eigenvalue weighted by Gasteiger charge is 2.29. The number of carbonyl (C=O) groups excluding carboxylic acids is 1. The first-order valence-electron chi connectivity index (χ1n) is 8.91. The second kappa shape index (κ2) is 9.35. The largest absolute Gasteiger partial charge is 0.496 e. The summed E-state index contributed by atoms with van der Waals surface area (Å²) in [7, 11) is 0.253. The standard InChI is InChI=1S/C20H23ClN2O3S/c1-26-18-10-4-2-7-15(18)13-22-20(24)16-8-6-12-23(14-16)27(25)19-11-5-3-9-17(19)21/h2-5,7,9-11,16H,6,8,12-14H2,1H3,(H,22,24). The van der Waals surface area contributed by atoms with Gasteiger partial charge < -0.3 is 10.1 Å². The fourth-order valence-electron chi connectivity index (χ4n) is 3.21. The predicted molar refractivity (Wildman–Crippen MR) is 107 cm³/mol. The third kappa shape index (κ3) is 4.89. The SMILES string of the molecule is COc1ccccc1CNC(=O)C1CCCN(S(=O)c2ccccc2Cl)C1. The lowest BCUT2D eigenvalue weighted by molar-refractivity contribution is -0.126. The predicted octanol–water partition coefficient (Wildman–Crippen LogP) is 3.40. The van der Waals surface area contributed by atoms with Gasteiger partial charge in [-0.05, 0) is 31.0 Å². The molecular formula is C20H23ClN2O3S. The lowest BCUT2D eigenvalue weighted by Crippen LogP contribution is -2.43. The van der Waals surface area contributed by atoms with Crippen molar-refractivity contribution in [1.29, 1.82) is 0 Å². The number of ether oxygens (including phenoxy) is 1. The molecule has 0 radical (unpaired) electrons. The van der Waals surface area contributed by atoms with Gasteiger partial charge in [-0.15, -0.1) is 0 Å². The highest BCUT2D eigenvalue weighted by atomic mass is 35.5. The third-order valence-corrected chi connectivity index (χ3v) is 6.63. The van der Waals surface area contributed by atoms with Crippen LogP contribution in [-0.4, -0.2) is 34.6 Å². The smallest absolute Gasteiger partial charge is 0.224 e. The number of hydrogen-bond donors (Lipinski definition) is 1. The summed E-state index contributed by atoms with van der Waals surface area (Å²) in [5.41, 5.74) is 0.931. The summed E-state index contributed by atoms with van der Waals surface area (Å²) in [6, 6.07) is 14.7. The Morgan fingerprint density at radius 1 is 1.26 bits per heavy atom. The topological polar surface area (TPSA) is 58.6 Å². The molecule has 1 amide bonds. The molecule has 1 saturated heterocycles. The first-order chi connectivity index (χ1) is 13.1. The van der Waals surface area contributed by atoms with E-state index in [1.54, 1.807) is 19.2 Å². The van der Waals surface area contributed by atoms with Gasteiger partial charge in [-0.1, -0.05) is 41.9 Å². The Bertz CT molecular complexity index is 830. The summed E-state index contributed by atoms with van der Waals surface area (Å²) in [6.07, 6.45) is 1.61. The molecule has 0 saturated carbocycles. The number of nitrogens with one attached hydrogen (secondary N) is 1. The fraction of sp³-hybridized carbons (Fsp3) is 0.350. The van der Waals surface area contributed by atoms with Crippen LogP contribution in [0.15, 0.2) is 53.4 Å². The van der Waals surface area contributed by atoms with Gasteiger partial charge in [-0.3, -0.25) is 4.79 Å². The zero-order valence-corrected chi connectivity index (χ0v) is 16.8. The van der Waals surface area contributed by atoms with Crippen LogP contribution in [0, 0.1) is 5.92 Å². The Morgan fingerprint density at radius 3 is 2.78 bits per heavy atom. The number of piperidine rings is 1. The second-order valence-corrected chi connectivity index (χ2v) is 8.30. The minimum Gasteiger partial charge on any atom is -0.496 e. The molecule has 2 unspecified atom stereocenters. The Balaban J connectivity index is 1.61. The summed E-state index contributed by atoms with van der Waals surface area (Å²) < 4.78 is 20.0. The van der Waals surface area contributed by atoms with Gasteiger partial charge in [0, 0.05) is 25.2 Å². The average molecular weight is 407 g/mol. The molecule has 0 aromatic heterocycles. The highest BCUT2D eigenvalue weighted by molar-refractivity contribution is 7.82. The maximum atomic E-state index is 12.9. The summed E-state index contributed by atoms with van der Waals surface area (Å²) in [5.74, 6) is 0.532. The van der Waals surface area contributed by atoms with E-state index in [-0.39, 0.29) is 11.8 Å². The highest BCUT2D eigenvalue weighted by Crippen LogP contribution is 2.26. The number of hydrogen-bond acceptors (Lipinski definition) is 3. The molecule has 2 aromatic rings. The van der Waals surface area contributed by atoms with Gasteiger partial charge in [0.05, 0.1) is 22.9 Å². The lowest BCUT2D eigenvalue weighted by Gasteiger charge is -2.31. The minimum absolute atomic E-state index is 0.0261. The molecule has 7 heteroatoms. The molecule has 1 heterocycles. The fourth-order valence-corrected chi connectivity index (χ4v) is 4.86. The zero-order chi connectivity index (χ0) is 19.2. The molecule has 5 nitrogen and oxygen atoms in total. The zero-order valence-electron chi connectivity index (χ0n) is 15.2. The van der Waals surface area contributed by atoms with Crippen LogP contribution < -0.4 is 10.1 Å². The van der Waals surface area contributed by atoms with Gasteiger partial charge in [-0.2, -0.15) is 0 Å². The van der Waals surface area contributed by atoms with Crippen molar-refractivity contribution in [3.63, 3.8) is 0 Å². The number of methoxy groups -OCH3 is 1. The molecule has 2 aromatic carbocycles. The van der Waals surface area contributed by atoms with Crippen LogP contribution in [0.4, 0.5) is 0 Å². The van der Waals surface area contributed by atoms with Gasteiger partial charge in [0.2, 0.25) is 5.91 Å². The average Bonchev–Trinajstić information content (AvgIpc) is 2.72. The van der Waals surface area contributed by atoms with E-state index in [1.807, 2.05) is 40.7 Å². The number of nitrogens with zero attached hydrogens (tertiary/aromatic N) is 1. The number of benzene rings is 2. The van der Waals surface area contributed by atoms with Gasteiger partial charge in [0.1, 0.15) is 16.7 Å². The van der Waals surface area contributed by atoms with Crippen LogP contribution >= 0.6 is 11.6 Å². The van der Waals surface area contributed by atoms with E-state index in [2.05, 4.69) is 5.32 Å². The van der Waals surface area contributed by atoms with E-state index < -0.39 is 11.0 Å². The third-order valence-electron chi connectivity index (χ3n) is 4.66. The van der Waals surface area contributed by atoms with Crippen LogP contribution in [0.3, 0.4) is 0 Å². The molecule has 0 bridgehead atoms. The number of rotatable bonds is 6. The van der Waals surface area contributed by atoms with Gasteiger partial charge >= 0.3 is 0 Å². The molecule has 2 atom stereocenters. The first kappa shape index (κ1) is 19.9. The van der Waals surface area contributed by atoms with E-state index in [1.165, 1.54) is 0 Å². The quantitative estimate of drug-likeness (QED) is 0.799. The molecule has 1 N–H and O–H groups in total. The second-order valence-electron chi connectivity index (χ2n) is 6.44. The van der Waals surface area contributed by atoms with Crippen molar-refractivity contribution < 1.29 is 13.7 Å². The summed E-state index contributed by atoms with van der Waals surface area (Å²) in [5, 5.41) is 3.47. The van der Waals surface area contributed by atoms with Crippen molar-refractivity contribution in [2.24, 2.45) is 5.92 Å². The van der Waals surface area contributed by atoms with Crippen LogP contribution in [0.5, 0.6) is 5.75 Å². The normalized spacial score (nSPS) is 18.7. The Kier molecular flexibility index (Phi) is 6.88. The van der Waals surface area contributed by atoms with Crippen LogP contribution in [0.25, 0.3) is 0 Å². The summed E-state index contributed by atoms with van der Waals surface area (Å²) in [4.78, 5) is 13.2. The maximum Gasteiger partial charge on any atom is 0.224 e. The Morgan fingerprint density at radius 2 is 2.00 bits per heavy atom. The number of halogens is 1. The van der Waals surface area contributed by atoms with E-state index in [4.69, 9.17) is 16.3 Å². The summed E-state index contributed by atoms with van der Waals surface area (Å²) >= 11 is 6.17. The van der Waals surface area contributed by atoms with Gasteiger partial charge in [-0.25, -0.2) is 8.51 Å². The Labute approximate surface area is 167 Å². The van der Waals surface area contributed by atoms with Crippen LogP contribution in [0.2, 0.25) is 5.02 Å². The first-order valence-corrected chi connectivity index (χ1v) is 10.4. The summed E-state index contributed by atoms with van der Waals surface area (Å²) in [6.45, 7) is 1.55. The van der Waals surface area contributed by atoms with Crippen molar-refractivity contribution in [3.8, 4) is 5.75 Å². The number of carbonyl (C=O) groups is 1. The molecule has 144 valence electrons. The molecule has 3 rings (SSSR count). The molecular weight excluding hydrogens is 384 g/mol. The van der Waals surface area contributed by atoms with Crippen LogP contribution in [-0.2, 0) is 22.3 Å². The van der Waals surface area contributed by atoms with E-state index >= 15 is 0 Å². The number of para-hydroxylation sites is 1. The van der Waals surface area contributed by atoms with Crippen molar-refractivity contribution in [3.05, 3.63) is 59.1 Å². The maximum absolute atomic E-state index is 12.9. The molecule has 1 aliphatic heterocycles. The van der Waals surface area contributed by atoms with E-state index in [0.717, 1.165) is 24.2 Å². The van der Waals surface area contributed by atoms with E-state index in [9.17, 15) is 9.00 Å². The van der Waals surface area contributed by atoms with Crippen LogP contribution in [0.1, 0.15) is 18.4 Å². The van der Waals surface area contributed by atoms with Crippen molar-refractivity contribution in [2.45, 2.75) is 24.3 Å². The lowest BCUT2D eigenvalue weighted by atomic mass is 9.98. The molecule has 0 aliphatic carbocycles. The number of amides is 1. The minimum atomic E-state index is -1.36. The van der Waals surface area contributed by atoms with Gasteiger partial charge in [0.15, 0.2) is 0 Å². The molecule has 0 spiro atoms. The van der Waals surface area contributed by atoms with Crippen molar-refractivity contribution in [1.82, 2.24) is 9.62 Å². The monoisotopic (exact) mass is 406 g/mol. The van der Waals surface area contributed by atoms with Gasteiger partial charge in [0.25, 0.3) is 0 Å². The van der Waals surface area contributed by atoms with E-state index in [0.29, 0.717) is 29.6 Å². The Hall–Kier alpha value is -1.89. The molecule has 1 aliphatic rings. The van der Waals surface area contributed by atoms with Crippen molar-refractivity contribution >= 4 is 28.5 Å². The molecule has 1 fully saturated rings. The van der Waals surface area contributed by atoms with Crippen molar-refractivity contribution in [2.75, 3.05) is 20.2 Å².